The summed E-state index contributed by atoms with van der Waals surface area (Å²) >= 11 is 0. The predicted molar refractivity (Wildman–Crippen MR) is 91.7 cm³/mol. The van der Waals surface area contributed by atoms with Crippen molar-refractivity contribution < 1.29 is 9.32 Å². The van der Waals surface area contributed by atoms with Crippen LogP contribution in [0.5, 0.6) is 0 Å². The number of carbonyl (C=O) groups excluding carboxylic acids is 1. The van der Waals surface area contributed by atoms with Gasteiger partial charge in [0, 0.05) is 30.6 Å². The number of hydrogen-bond acceptors (Lipinski definition) is 5. The molecule has 24 heavy (non-hydrogen) atoms. The summed E-state index contributed by atoms with van der Waals surface area (Å²) in [5.41, 5.74) is 2.14. The maximum Gasteiger partial charge on any atom is 0.229 e. The first kappa shape index (κ1) is 16.6. The highest BCUT2D eigenvalue weighted by Gasteiger charge is 2.21. The number of nitrogens with one attached hydrogen (secondary N) is 1. The molecule has 1 aromatic heterocycles. The van der Waals surface area contributed by atoms with Gasteiger partial charge in [-0.05, 0) is 31.0 Å². The van der Waals surface area contributed by atoms with Gasteiger partial charge in [-0.3, -0.25) is 4.79 Å². The molecule has 0 unspecified atom stereocenters. The number of carbonyl (C=O) groups is 1. The van der Waals surface area contributed by atoms with Crippen LogP contribution in [-0.2, 0) is 11.3 Å². The molecule has 1 fully saturated rings. The third kappa shape index (κ3) is 3.64. The SMILES string of the molecule is CC(C)c1nc(CN[C@H](C)c2ccc(N3CCCC3=O)cc2)no1. The molecule has 128 valence electrons. The number of benzene rings is 1. The summed E-state index contributed by atoms with van der Waals surface area (Å²) < 4.78 is 5.21. The molecule has 1 aliphatic rings. The summed E-state index contributed by atoms with van der Waals surface area (Å²) in [4.78, 5) is 18.0. The Kier molecular flexibility index (Phi) is 4.94. The second-order valence-electron chi connectivity index (χ2n) is 6.55. The fourth-order valence-corrected chi connectivity index (χ4v) is 2.80. The quantitative estimate of drug-likeness (QED) is 0.882. The molecule has 3 rings (SSSR count). The van der Waals surface area contributed by atoms with E-state index in [9.17, 15) is 4.79 Å². The molecule has 0 saturated carbocycles. The Labute approximate surface area is 142 Å². The number of rotatable bonds is 6. The average molecular weight is 328 g/mol. The zero-order chi connectivity index (χ0) is 17.1. The van der Waals surface area contributed by atoms with Crippen molar-refractivity contribution in [1.82, 2.24) is 15.5 Å². The van der Waals surface area contributed by atoms with E-state index in [2.05, 4.69) is 34.5 Å². The van der Waals surface area contributed by atoms with Crippen molar-refractivity contribution in [2.45, 2.75) is 52.1 Å². The van der Waals surface area contributed by atoms with Crippen molar-refractivity contribution in [3.05, 3.63) is 41.5 Å². The monoisotopic (exact) mass is 328 g/mol. The summed E-state index contributed by atoms with van der Waals surface area (Å²) in [6.07, 6.45) is 1.60. The summed E-state index contributed by atoms with van der Waals surface area (Å²) in [6, 6.07) is 8.32. The summed E-state index contributed by atoms with van der Waals surface area (Å²) in [5.74, 6) is 1.79. The number of nitrogens with zero attached hydrogens (tertiary/aromatic N) is 3. The molecule has 1 N–H and O–H groups in total. The Morgan fingerprint density at radius 3 is 2.58 bits per heavy atom. The molecule has 0 radical (unpaired) electrons. The van der Waals surface area contributed by atoms with E-state index in [1.807, 2.05) is 30.9 Å². The van der Waals surface area contributed by atoms with Gasteiger partial charge in [0.1, 0.15) is 0 Å². The van der Waals surface area contributed by atoms with Crippen LogP contribution >= 0.6 is 0 Å². The molecule has 1 amide bonds. The smallest absolute Gasteiger partial charge is 0.229 e. The summed E-state index contributed by atoms with van der Waals surface area (Å²) in [6.45, 7) is 7.53. The Morgan fingerprint density at radius 1 is 1.25 bits per heavy atom. The van der Waals surface area contributed by atoms with Gasteiger partial charge < -0.3 is 14.7 Å². The summed E-state index contributed by atoms with van der Waals surface area (Å²) in [7, 11) is 0. The lowest BCUT2D eigenvalue weighted by atomic mass is 10.1. The minimum atomic E-state index is 0.161. The lowest BCUT2D eigenvalue weighted by molar-refractivity contribution is -0.117. The van der Waals surface area contributed by atoms with Crippen LogP contribution in [-0.4, -0.2) is 22.6 Å². The standard InChI is InChI=1S/C18H24N4O2/c1-12(2)18-20-16(21-24-18)11-19-13(3)14-6-8-15(9-7-14)22-10-4-5-17(22)23/h6-9,12-13,19H,4-5,10-11H2,1-3H3/t13-/m1/s1. The largest absolute Gasteiger partial charge is 0.339 e. The van der Waals surface area contributed by atoms with Crippen molar-refractivity contribution in [2.75, 3.05) is 11.4 Å². The molecule has 6 nitrogen and oxygen atoms in total. The van der Waals surface area contributed by atoms with Gasteiger partial charge in [0.05, 0.1) is 6.54 Å². The first-order valence-corrected chi connectivity index (χ1v) is 8.51. The van der Waals surface area contributed by atoms with Crippen LogP contribution in [0, 0.1) is 0 Å². The normalized spacial score (nSPS) is 16.2. The first-order valence-electron chi connectivity index (χ1n) is 8.51. The molecule has 1 saturated heterocycles. The van der Waals surface area contributed by atoms with E-state index in [0.29, 0.717) is 24.7 Å². The predicted octanol–water partition coefficient (Wildman–Crippen LogP) is 3.17. The fraction of sp³-hybridized carbons (Fsp3) is 0.500. The fourth-order valence-electron chi connectivity index (χ4n) is 2.80. The highest BCUT2D eigenvalue weighted by Crippen LogP contribution is 2.23. The van der Waals surface area contributed by atoms with Gasteiger partial charge >= 0.3 is 0 Å². The van der Waals surface area contributed by atoms with Crippen LogP contribution in [0.3, 0.4) is 0 Å². The van der Waals surface area contributed by atoms with Gasteiger partial charge in [-0.25, -0.2) is 0 Å². The highest BCUT2D eigenvalue weighted by atomic mass is 16.5. The van der Waals surface area contributed by atoms with Crippen LogP contribution < -0.4 is 10.2 Å². The van der Waals surface area contributed by atoms with E-state index >= 15 is 0 Å². The molecule has 1 aliphatic heterocycles. The van der Waals surface area contributed by atoms with Gasteiger partial charge in [-0.1, -0.05) is 31.1 Å². The third-order valence-electron chi connectivity index (χ3n) is 4.32. The molecule has 0 bridgehead atoms. The van der Waals surface area contributed by atoms with Crippen LogP contribution in [0.15, 0.2) is 28.8 Å². The molecule has 2 aromatic rings. The Balaban J connectivity index is 1.58. The van der Waals surface area contributed by atoms with Crippen LogP contribution in [0.25, 0.3) is 0 Å². The minimum Gasteiger partial charge on any atom is -0.339 e. The number of anilines is 1. The zero-order valence-corrected chi connectivity index (χ0v) is 14.5. The van der Waals surface area contributed by atoms with Crippen LogP contribution in [0.1, 0.15) is 62.9 Å². The molecule has 2 heterocycles. The minimum absolute atomic E-state index is 0.161. The van der Waals surface area contributed by atoms with Gasteiger partial charge in [-0.2, -0.15) is 4.98 Å². The van der Waals surface area contributed by atoms with E-state index < -0.39 is 0 Å². The summed E-state index contributed by atoms with van der Waals surface area (Å²) in [5, 5.41) is 7.38. The molecular formula is C18H24N4O2. The maximum atomic E-state index is 11.8. The lowest BCUT2D eigenvalue weighted by Crippen LogP contribution is -2.24. The third-order valence-corrected chi connectivity index (χ3v) is 4.32. The Morgan fingerprint density at radius 2 is 2.00 bits per heavy atom. The molecule has 0 spiro atoms. The maximum absolute atomic E-state index is 11.8. The second-order valence-corrected chi connectivity index (χ2v) is 6.55. The van der Waals surface area contributed by atoms with E-state index in [-0.39, 0.29) is 17.9 Å². The number of amides is 1. The van der Waals surface area contributed by atoms with Gasteiger partial charge in [0.25, 0.3) is 0 Å². The van der Waals surface area contributed by atoms with Crippen molar-refractivity contribution >= 4 is 11.6 Å². The first-order chi connectivity index (χ1) is 11.5. The van der Waals surface area contributed by atoms with E-state index in [1.54, 1.807) is 0 Å². The molecule has 1 atom stereocenters. The zero-order valence-electron chi connectivity index (χ0n) is 14.5. The topological polar surface area (TPSA) is 71.3 Å². The van der Waals surface area contributed by atoms with E-state index in [1.165, 1.54) is 0 Å². The van der Waals surface area contributed by atoms with Gasteiger partial charge in [0.2, 0.25) is 11.8 Å². The van der Waals surface area contributed by atoms with Crippen molar-refractivity contribution in [3.8, 4) is 0 Å². The van der Waals surface area contributed by atoms with Crippen LogP contribution in [0.2, 0.25) is 0 Å². The number of aromatic nitrogens is 2. The van der Waals surface area contributed by atoms with Gasteiger partial charge in [-0.15, -0.1) is 0 Å². The van der Waals surface area contributed by atoms with Crippen LogP contribution in [0.4, 0.5) is 5.69 Å². The van der Waals surface area contributed by atoms with Crippen molar-refractivity contribution in [3.63, 3.8) is 0 Å². The van der Waals surface area contributed by atoms with E-state index in [0.717, 1.165) is 24.2 Å². The molecule has 6 heteroatoms. The lowest BCUT2D eigenvalue weighted by Gasteiger charge is -2.18. The second kappa shape index (κ2) is 7.13. The van der Waals surface area contributed by atoms with Crippen molar-refractivity contribution in [2.24, 2.45) is 0 Å². The van der Waals surface area contributed by atoms with Gasteiger partial charge in [0.15, 0.2) is 5.82 Å². The van der Waals surface area contributed by atoms with Crippen molar-refractivity contribution in [1.29, 1.82) is 0 Å². The molecular weight excluding hydrogens is 304 g/mol. The number of hydrogen-bond donors (Lipinski definition) is 1. The molecule has 1 aromatic carbocycles. The van der Waals surface area contributed by atoms with E-state index in [4.69, 9.17) is 4.52 Å². The Hall–Kier alpha value is -2.21. The average Bonchev–Trinajstić information content (AvgIpc) is 3.22. The molecule has 0 aliphatic carbocycles. The highest BCUT2D eigenvalue weighted by molar-refractivity contribution is 5.95. The Bertz CT molecular complexity index is 693.